The number of likely N-dealkylation sites (tertiary alicyclic amines) is 1. The first-order valence-corrected chi connectivity index (χ1v) is 6.77. The van der Waals surface area contributed by atoms with Gasteiger partial charge in [0.05, 0.1) is 0 Å². The van der Waals surface area contributed by atoms with Crippen molar-refractivity contribution in [3.05, 3.63) is 23.8 Å². The van der Waals surface area contributed by atoms with Crippen molar-refractivity contribution >= 4 is 0 Å². The van der Waals surface area contributed by atoms with E-state index in [0.29, 0.717) is 12.0 Å². The van der Waals surface area contributed by atoms with E-state index in [1.54, 1.807) is 12.1 Å². The van der Waals surface area contributed by atoms with Gasteiger partial charge in [-0.15, -0.1) is 0 Å². The van der Waals surface area contributed by atoms with Crippen LogP contribution in [0.15, 0.2) is 18.2 Å². The van der Waals surface area contributed by atoms with Crippen molar-refractivity contribution in [3.8, 4) is 11.5 Å². The third-order valence-corrected chi connectivity index (χ3v) is 4.02. The van der Waals surface area contributed by atoms with Crippen LogP contribution in [0.2, 0.25) is 0 Å². The van der Waals surface area contributed by atoms with Gasteiger partial charge in [0.2, 0.25) is 0 Å². The number of nitrogens with zero attached hydrogens (tertiary/aromatic N) is 1. The second-order valence-corrected chi connectivity index (χ2v) is 5.65. The minimum atomic E-state index is 0.136. The van der Waals surface area contributed by atoms with Gasteiger partial charge in [0, 0.05) is 18.2 Å². The van der Waals surface area contributed by atoms with Gasteiger partial charge in [-0.3, -0.25) is 4.90 Å². The zero-order chi connectivity index (χ0) is 13.3. The van der Waals surface area contributed by atoms with Crippen molar-refractivity contribution in [1.82, 2.24) is 4.90 Å². The average Bonchev–Trinajstić information content (AvgIpc) is 2.75. The molecule has 1 aliphatic heterocycles. The van der Waals surface area contributed by atoms with Gasteiger partial charge in [0.15, 0.2) is 0 Å². The summed E-state index contributed by atoms with van der Waals surface area (Å²) < 4.78 is 0. The van der Waals surface area contributed by atoms with Crippen LogP contribution in [0.5, 0.6) is 11.5 Å². The lowest BCUT2D eigenvalue weighted by Gasteiger charge is -2.33. The van der Waals surface area contributed by atoms with Gasteiger partial charge < -0.3 is 10.2 Å². The highest BCUT2D eigenvalue weighted by Crippen LogP contribution is 2.34. The van der Waals surface area contributed by atoms with Crippen molar-refractivity contribution in [2.24, 2.45) is 5.92 Å². The number of rotatable bonds is 3. The van der Waals surface area contributed by atoms with Crippen LogP contribution in [0.4, 0.5) is 0 Å². The first-order chi connectivity index (χ1) is 8.49. The van der Waals surface area contributed by atoms with Crippen molar-refractivity contribution in [3.63, 3.8) is 0 Å². The summed E-state index contributed by atoms with van der Waals surface area (Å²) >= 11 is 0. The van der Waals surface area contributed by atoms with E-state index in [1.165, 1.54) is 18.9 Å². The first-order valence-electron chi connectivity index (χ1n) is 6.77. The van der Waals surface area contributed by atoms with Gasteiger partial charge in [-0.2, -0.15) is 0 Å². The minimum absolute atomic E-state index is 0.136. The molecule has 0 radical (unpaired) electrons. The van der Waals surface area contributed by atoms with Gasteiger partial charge in [-0.05, 0) is 49.9 Å². The Bertz CT molecular complexity index is 397. The molecule has 1 aromatic carbocycles. The van der Waals surface area contributed by atoms with E-state index in [-0.39, 0.29) is 17.5 Å². The summed E-state index contributed by atoms with van der Waals surface area (Å²) in [6.07, 6.45) is 2.48. The second kappa shape index (κ2) is 5.19. The lowest BCUT2D eigenvalue weighted by Crippen LogP contribution is -2.35. The SMILES string of the molecule is CC(C)C1CCCN1C(C)c1cc(O)cc(O)c1. The van der Waals surface area contributed by atoms with Crippen LogP contribution in [-0.4, -0.2) is 27.7 Å². The lowest BCUT2D eigenvalue weighted by atomic mass is 9.99. The molecule has 1 aliphatic rings. The monoisotopic (exact) mass is 249 g/mol. The Morgan fingerprint density at radius 2 is 1.72 bits per heavy atom. The summed E-state index contributed by atoms with van der Waals surface area (Å²) in [5.74, 6) is 0.912. The quantitative estimate of drug-likeness (QED) is 0.864. The van der Waals surface area contributed by atoms with Crippen molar-refractivity contribution in [2.75, 3.05) is 6.54 Å². The Labute approximate surface area is 109 Å². The summed E-state index contributed by atoms with van der Waals surface area (Å²) in [5.41, 5.74) is 0.986. The second-order valence-electron chi connectivity index (χ2n) is 5.65. The number of benzene rings is 1. The molecule has 1 saturated heterocycles. The van der Waals surface area contributed by atoms with Crippen LogP contribution >= 0.6 is 0 Å². The standard InChI is InChI=1S/C15H23NO2/c1-10(2)15-5-4-6-16(15)11(3)12-7-13(17)9-14(18)8-12/h7-11,15,17-18H,4-6H2,1-3H3. The van der Waals surface area contributed by atoms with Gasteiger partial charge >= 0.3 is 0 Å². The van der Waals surface area contributed by atoms with E-state index in [2.05, 4.69) is 25.7 Å². The summed E-state index contributed by atoms with van der Waals surface area (Å²) in [6.45, 7) is 7.76. The zero-order valence-corrected chi connectivity index (χ0v) is 11.4. The Hall–Kier alpha value is -1.22. The minimum Gasteiger partial charge on any atom is -0.508 e. The molecule has 2 N–H and O–H groups in total. The number of hydrogen-bond acceptors (Lipinski definition) is 3. The molecule has 18 heavy (non-hydrogen) atoms. The Kier molecular flexibility index (Phi) is 3.81. The molecule has 2 atom stereocenters. The van der Waals surface area contributed by atoms with Crippen LogP contribution in [0.25, 0.3) is 0 Å². The molecule has 0 saturated carbocycles. The number of phenolic OH excluding ortho intramolecular Hbond substituents is 2. The van der Waals surface area contributed by atoms with Crippen molar-refractivity contribution in [1.29, 1.82) is 0 Å². The molecule has 2 unspecified atom stereocenters. The zero-order valence-electron chi connectivity index (χ0n) is 11.4. The third kappa shape index (κ3) is 2.61. The van der Waals surface area contributed by atoms with Crippen molar-refractivity contribution < 1.29 is 10.2 Å². The van der Waals surface area contributed by atoms with E-state index in [4.69, 9.17) is 0 Å². The Morgan fingerprint density at radius 1 is 1.11 bits per heavy atom. The molecule has 0 aliphatic carbocycles. The predicted octanol–water partition coefficient (Wildman–Crippen LogP) is 3.28. The highest BCUT2D eigenvalue weighted by Gasteiger charge is 2.31. The fourth-order valence-corrected chi connectivity index (χ4v) is 3.06. The van der Waals surface area contributed by atoms with Crippen LogP contribution < -0.4 is 0 Å². The molecular formula is C15H23NO2. The van der Waals surface area contributed by atoms with Crippen LogP contribution in [0.3, 0.4) is 0 Å². The summed E-state index contributed by atoms with van der Waals surface area (Å²) in [6, 6.07) is 5.71. The van der Waals surface area contributed by atoms with E-state index in [1.807, 2.05) is 0 Å². The highest BCUT2D eigenvalue weighted by atomic mass is 16.3. The molecule has 100 valence electrons. The maximum absolute atomic E-state index is 9.58. The fraction of sp³-hybridized carbons (Fsp3) is 0.600. The molecule has 0 aromatic heterocycles. The predicted molar refractivity (Wildman–Crippen MR) is 72.8 cm³/mol. The summed E-state index contributed by atoms with van der Waals surface area (Å²) in [7, 11) is 0. The van der Waals surface area contributed by atoms with E-state index < -0.39 is 0 Å². The lowest BCUT2D eigenvalue weighted by molar-refractivity contribution is 0.156. The molecule has 1 aromatic rings. The Morgan fingerprint density at radius 3 is 2.28 bits per heavy atom. The molecule has 0 bridgehead atoms. The van der Waals surface area contributed by atoms with Crippen LogP contribution in [-0.2, 0) is 0 Å². The smallest absolute Gasteiger partial charge is 0.119 e. The number of aromatic hydroxyl groups is 2. The van der Waals surface area contributed by atoms with Gasteiger partial charge in [0.1, 0.15) is 11.5 Å². The first kappa shape index (κ1) is 13.2. The van der Waals surface area contributed by atoms with E-state index in [0.717, 1.165) is 12.1 Å². The molecule has 2 rings (SSSR count). The highest BCUT2D eigenvalue weighted by molar-refractivity contribution is 5.38. The maximum atomic E-state index is 9.58. The molecule has 0 spiro atoms. The van der Waals surface area contributed by atoms with Gasteiger partial charge in [-0.25, -0.2) is 0 Å². The fourth-order valence-electron chi connectivity index (χ4n) is 3.06. The molecular weight excluding hydrogens is 226 g/mol. The van der Waals surface area contributed by atoms with Crippen LogP contribution in [0, 0.1) is 5.92 Å². The molecule has 1 fully saturated rings. The molecule has 3 heteroatoms. The van der Waals surface area contributed by atoms with E-state index in [9.17, 15) is 10.2 Å². The molecule has 3 nitrogen and oxygen atoms in total. The molecule has 1 heterocycles. The van der Waals surface area contributed by atoms with Crippen LogP contribution in [0.1, 0.15) is 45.2 Å². The van der Waals surface area contributed by atoms with Gasteiger partial charge in [-0.1, -0.05) is 13.8 Å². The largest absolute Gasteiger partial charge is 0.508 e. The molecule has 0 amide bonds. The van der Waals surface area contributed by atoms with Crippen molar-refractivity contribution in [2.45, 2.75) is 45.7 Å². The number of phenols is 2. The normalized spacial score (nSPS) is 22.6. The van der Waals surface area contributed by atoms with E-state index >= 15 is 0 Å². The maximum Gasteiger partial charge on any atom is 0.119 e. The summed E-state index contributed by atoms with van der Waals surface area (Å²) in [5, 5.41) is 19.2. The summed E-state index contributed by atoms with van der Waals surface area (Å²) in [4.78, 5) is 2.48. The van der Waals surface area contributed by atoms with Gasteiger partial charge in [0.25, 0.3) is 0 Å². The Balaban J connectivity index is 2.22. The average molecular weight is 249 g/mol. The number of hydrogen-bond donors (Lipinski definition) is 2. The third-order valence-electron chi connectivity index (χ3n) is 4.02. The topological polar surface area (TPSA) is 43.7 Å².